The predicted octanol–water partition coefficient (Wildman–Crippen LogP) is 2.79. The van der Waals surface area contributed by atoms with Crippen molar-refractivity contribution in [2.24, 2.45) is 0 Å². The van der Waals surface area contributed by atoms with Gasteiger partial charge in [0, 0.05) is 42.5 Å². The van der Waals surface area contributed by atoms with E-state index in [1.54, 1.807) is 12.1 Å². The normalized spacial score (nSPS) is 10.8. The van der Waals surface area contributed by atoms with Crippen LogP contribution in [0.1, 0.15) is 15.9 Å². The smallest absolute Gasteiger partial charge is 0.387 e. The molecule has 0 spiro atoms. The molecule has 0 saturated heterocycles. The zero-order valence-electron chi connectivity index (χ0n) is 13.9. The highest BCUT2D eigenvalue weighted by Crippen LogP contribution is 2.24. The van der Waals surface area contributed by atoms with Crippen LogP contribution in [0.5, 0.6) is 5.75 Å². The zero-order chi connectivity index (χ0) is 19.1. The molecule has 2 aromatic rings. The summed E-state index contributed by atoms with van der Waals surface area (Å²) in [5.41, 5.74) is 0.408. The number of nitrogens with one attached hydrogen (secondary N) is 1. The average molecular weight is 431 g/mol. The van der Waals surface area contributed by atoms with Crippen LogP contribution in [-0.4, -0.2) is 30.8 Å². The number of hydrogen-bond donors (Lipinski definition) is 1. The molecule has 0 fully saturated rings. The number of rotatable bonds is 8. The molecule has 1 N–H and O–H groups in total. The molecule has 0 bridgehead atoms. The van der Waals surface area contributed by atoms with Gasteiger partial charge in [-0.25, -0.2) is 0 Å². The third-order valence-electron chi connectivity index (χ3n) is 3.46. The van der Waals surface area contributed by atoms with Gasteiger partial charge in [-0.1, -0.05) is 15.9 Å². The van der Waals surface area contributed by atoms with Crippen LogP contribution in [0.2, 0.25) is 0 Å². The van der Waals surface area contributed by atoms with Crippen LogP contribution in [0.25, 0.3) is 0 Å². The molecule has 0 aliphatic rings. The van der Waals surface area contributed by atoms with Crippen molar-refractivity contribution in [1.29, 1.82) is 0 Å². The molecule has 0 unspecified atom stereocenters. The van der Waals surface area contributed by atoms with Crippen LogP contribution in [0.15, 0.2) is 45.8 Å². The van der Waals surface area contributed by atoms with Crippen LogP contribution in [0.3, 0.4) is 0 Å². The standard InChI is InChI=1S/C17H17BrF2N2O4/c1-25-7-6-22-10-11(2-5-15(22)23)16(24)21-9-12-8-13(18)3-4-14(12)26-17(19)20/h2-5,8,10,17H,6-7,9H2,1H3,(H,21,24). The molecule has 2 rings (SSSR count). The Hall–Kier alpha value is -2.26. The number of ether oxygens (including phenoxy) is 2. The molecule has 26 heavy (non-hydrogen) atoms. The lowest BCUT2D eigenvalue weighted by Gasteiger charge is -2.13. The highest BCUT2D eigenvalue weighted by Gasteiger charge is 2.13. The second-order valence-corrected chi connectivity index (χ2v) is 6.17. The van der Waals surface area contributed by atoms with Crippen molar-refractivity contribution < 1.29 is 23.0 Å². The maximum absolute atomic E-state index is 12.5. The highest BCUT2D eigenvalue weighted by molar-refractivity contribution is 9.10. The van der Waals surface area contributed by atoms with E-state index in [4.69, 9.17) is 4.74 Å². The van der Waals surface area contributed by atoms with E-state index in [0.29, 0.717) is 23.2 Å². The molecule has 1 amide bonds. The SMILES string of the molecule is COCCn1cc(C(=O)NCc2cc(Br)ccc2OC(F)F)ccc1=O. The van der Waals surface area contributed by atoms with Crippen LogP contribution in [0.4, 0.5) is 8.78 Å². The van der Waals surface area contributed by atoms with E-state index in [2.05, 4.69) is 26.0 Å². The Labute approximate surface area is 156 Å². The first kappa shape index (κ1) is 20.1. The lowest BCUT2D eigenvalue weighted by Crippen LogP contribution is -2.27. The number of carbonyl (C=O) groups excluding carboxylic acids is 1. The van der Waals surface area contributed by atoms with E-state index >= 15 is 0 Å². The zero-order valence-corrected chi connectivity index (χ0v) is 15.5. The van der Waals surface area contributed by atoms with E-state index in [0.717, 1.165) is 0 Å². The fourth-order valence-electron chi connectivity index (χ4n) is 2.20. The average Bonchev–Trinajstić information content (AvgIpc) is 2.60. The first-order valence-electron chi connectivity index (χ1n) is 7.61. The lowest BCUT2D eigenvalue weighted by atomic mass is 10.2. The van der Waals surface area contributed by atoms with Gasteiger partial charge in [0.15, 0.2) is 0 Å². The minimum absolute atomic E-state index is 0.0163. The van der Waals surface area contributed by atoms with E-state index in [-0.39, 0.29) is 23.4 Å². The van der Waals surface area contributed by atoms with Gasteiger partial charge >= 0.3 is 6.61 Å². The van der Waals surface area contributed by atoms with Crippen molar-refractivity contribution in [2.75, 3.05) is 13.7 Å². The summed E-state index contributed by atoms with van der Waals surface area (Å²) in [6.45, 7) is -2.33. The van der Waals surface area contributed by atoms with Crippen LogP contribution in [0, 0.1) is 0 Å². The highest BCUT2D eigenvalue weighted by atomic mass is 79.9. The summed E-state index contributed by atoms with van der Waals surface area (Å²) < 4.78 is 36.4. The molecule has 0 aliphatic carbocycles. The summed E-state index contributed by atoms with van der Waals surface area (Å²) in [5.74, 6) is -0.465. The number of amides is 1. The second kappa shape index (κ2) is 9.44. The van der Waals surface area contributed by atoms with Gasteiger partial charge in [-0.05, 0) is 24.3 Å². The number of methoxy groups -OCH3 is 1. The van der Waals surface area contributed by atoms with Gasteiger partial charge in [0.2, 0.25) is 0 Å². The Bertz CT molecular complexity index is 827. The van der Waals surface area contributed by atoms with Crippen molar-refractivity contribution in [1.82, 2.24) is 9.88 Å². The number of carbonyl (C=O) groups is 1. The largest absolute Gasteiger partial charge is 0.434 e. The lowest BCUT2D eigenvalue weighted by molar-refractivity contribution is -0.0504. The number of alkyl halides is 2. The maximum atomic E-state index is 12.5. The summed E-state index contributed by atoms with van der Waals surface area (Å²) in [6, 6.07) is 7.22. The molecular weight excluding hydrogens is 414 g/mol. The van der Waals surface area contributed by atoms with E-state index < -0.39 is 12.5 Å². The van der Waals surface area contributed by atoms with Crippen molar-refractivity contribution in [2.45, 2.75) is 19.7 Å². The number of hydrogen-bond acceptors (Lipinski definition) is 4. The molecule has 9 heteroatoms. The van der Waals surface area contributed by atoms with Crippen molar-refractivity contribution in [3.8, 4) is 5.75 Å². The Kier molecular flexibility index (Phi) is 7.28. The number of nitrogens with zero attached hydrogens (tertiary/aromatic N) is 1. The second-order valence-electron chi connectivity index (χ2n) is 5.26. The summed E-state index contributed by atoms with van der Waals surface area (Å²) >= 11 is 3.25. The van der Waals surface area contributed by atoms with Crippen molar-refractivity contribution in [3.05, 3.63) is 62.5 Å². The minimum Gasteiger partial charge on any atom is -0.434 e. The molecular formula is C17H17BrF2N2O4. The van der Waals surface area contributed by atoms with Crippen molar-refractivity contribution in [3.63, 3.8) is 0 Å². The minimum atomic E-state index is -2.96. The quantitative estimate of drug-likeness (QED) is 0.698. The van der Waals surface area contributed by atoms with Crippen LogP contribution < -0.4 is 15.6 Å². The van der Waals surface area contributed by atoms with E-state index in [1.807, 2.05) is 0 Å². The number of aromatic nitrogens is 1. The summed E-state index contributed by atoms with van der Waals surface area (Å²) in [7, 11) is 1.51. The summed E-state index contributed by atoms with van der Waals surface area (Å²) in [4.78, 5) is 24.1. The molecule has 1 heterocycles. The van der Waals surface area contributed by atoms with Crippen molar-refractivity contribution >= 4 is 21.8 Å². The predicted molar refractivity (Wildman–Crippen MR) is 94.5 cm³/mol. The fraction of sp³-hybridized carbons (Fsp3) is 0.294. The van der Waals surface area contributed by atoms with E-state index in [1.165, 1.54) is 36.1 Å². The first-order valence-corrected chi connectivity index (χ1v) is 8.41. The van der Waals surface area contributed by atoms with Gasteiger partial charge in [-0.15, -0.1) is 0 Å². The molecule has 0 atom stereocenters. The molecule has 0 radical (unpaired) electrons. The molecule has 1 aromatic carbocycles. The third-order valence-corrected chi connectivity index (χ3v) is 3.95. The number of pyridine rings is 1. The van der Waals surface area contributed by atoms with Gasteiger partial charge in [0.05, 0.1) is 12.2 Å². The van der Waals surface area contributed by atoms with Gasteiger partial charge in [0.1, 0.15) is 5.75 Å². The summed E-state index contributed by atoms with van der Waals surface area (Å²) in [6.07, 6.45) is 1.42. The molecule has 1 aromatic heterocycles. The Balaban J connectivity index is 2.11. The Morgan fingerprint density at radius 1 is 1.31 bits per heavy atom. The Morgan fingerprint density at radius 2 is 2.08 bits per heavy atom. The third kappa shape index (κ3) is 5.63. The van der Waals surface area contributed by atoms with Gasteiger partial charge in [-0.3, -0.25) is 9.59 Å². The number of halogens is 3. The fourth-order valence-corrected chi connectivity index (χ4v) is 2.61. The summed E-state index contributed by atoms with van der Waals surface area (Å²) in [5, 5.41) is 2.63. The van der Waals surface area contributed by atoms with Gasteiger partial charge < -0.3 is 19.4 Å². The number of benzene rings is 1. The molecule has 0 saturated carbocycles. The van der Waals surface area contributed by atoms with Gasteiger partial charge in [0.25, 0.3) is 11.5 Å². The first-order chi connectivity index (χ1) is 12.4. The molecule has 0 aliphatic heterocycles. The van der Waals surface area contributed by atoms with Gasteiger partial charge in [-0.2, -0.15) is 8.78 Å². The van der Waals surface area contributed by atoms with E-state index in [9.17, 15) is 18.4 Å². The van der Waals surface area contributed by atoms with Crippen LogP contribution >= 0.6 is 15.9 Å². The Morgan fingerprint density at radius 3 is 2.77 bits per heavy atom. The van der Waals surface area contributed by atoms with Crippen LogP contribution in [-0.2, 0) is 17.8 Å². The molecule has 140 valence electrons. The monoisotopic (exact) mass is 430 g/mol. The molecule has 6 nitrogen and oxygen atoms in total. The maximum Gasteiger partial charge on any atom is 0.387 e. The topological polar surface area (TPSA) is 69.6 Å².